The van der Waals surface area contributed by atoms with Gasteiger partial charge < -0.3 is 20.7 Å². The van der Waals surface area contributed by atoms with Gasteiger partial charge in [-0.2, -0.15) is 0 Å². The minimum atomic E-state index is -0.0575. The quantitative estimate of drug-likeness (QED) is 0.481. The summed E-state index contributed by atoms with van der Waals surface area (Å²) in [5, 5.41) is 10.0. The third-order valence-electron chi connectivity index (χ3n) is 4.52. The average molecular weight is 396 g/mol. The zero-order chi connectivity index (χ0) is 19.6. The van der Waals surface area contributed by atoms with Gasteiger partial charge in [-0.1, -0.05) is 23.7 Å². The maximum atomic E-state index is 11.5. The van der Waals surface area contributed by atoms with Crippen LogP contribution in [-0.2, 0) is 4.79 Å². The first-order valence-electron chi connectivity index (χ1n) is 9.33. The molecule has 2 rings (SSSR count). The van der Waals surface area contributed by atoms with Crippen LogP contribution in [0.1, 0.15) is 19.8 Å². The third-order valence-corrected chi connectivity index (χ3v) is 4.83. The summed E-state index contributed by atoms with van der Waals surface area (Å²) >= 11 is 6.13. The molecule has 1 aromatic carbocycles. The van der Waals surface area contributed by atoms with Crippen molar-refractivity contribution in [1.29, 1.82) is 0 Å². The predicted molar refractivity (Wildman–Crippen MR) is 110 cm³/mol. The standard InChI is InChI=1S/C19H30ClN5O2/c1-14(27-17-7-5-4-6-16(17)20)12-23-19(22-3)24-15-8-10-25(11-9-15)13-18(26)21-2/h4-7,14-15H,8-13H2,1-3H3,(H,21,26)(H2,22,23,24). The van der Waals surface area contributed by atoms with E-state index in [0.29, 0.717) is 29.9 Å². The van der Waals surface area contributed by atoms with Gasteiger partial charge in [0.25, 0.3) is 0 Å². The summed E-state index contributed by atoms with van der Waals surface area (Å²) in [5.74, 6) is 1.50. The van der Waals surface area contributed by atoms with Gasteiger partial charge >= 0.3 is 0 Å². The number of hydrogen-bond donors (Lipinski definition) is 3. The highest BCUT2D eigenvalue weighted by atomic mass is 35.5. The number of carbonyl (C=O) groups excluding carboxylic acids is 1. The first kappa shape index (κ1) is 21.3. The SMILES string of the molecule is CN=C(NCC(C)Oc1ccccc1Cl)NC1CCN(CC(=O)NC)CC1. The number of benzene rings is 1. The Kier molecular flexibility index (Phi) is 8.67. The van der Waals surface area contributed by atoms with E-state index in [1.165, 1.54) is 0 Å². The average Bonchev–Trinajstić information content (AvgIpc) is 2.68. The van der Waals surface area contributed by atoms with Gasteiger partial charge in [-0.15, -0.1) is 0 Å². The number of rotatable bonds is 7. The van der Waals surface area contributed by atoms with Gasteiger partial charge in [0.1, 0.15) is 11.9 Å². The number of amides is 1. The Bertz CT molecular complexity index is 632. The Morgan fingerprint density at radius 2 is 2.07 bits per heavy atom. The van der Waals surface area contributed by atoms with Crippen LogP contribution in [0.15, 0.2) is 29.3 Å². The number of para-hydroxylation sites is 1. The minimum Gasteiger partial charge on any atom is -0.487 e. The number of carbonyl (C=O) groups is 1. The fourth-order valence-corrected chi connectivity index (χ4v) is 3.12. The van der Waals surface area contributed by atoms with Crippen molar-refractivity contribution in [1.82, 2.24) is 20.9 Å². The molecule has 1 atom stereocenters. The highest BCUT2D eigenvalue weighted by molar-refractivity contribution is 6.32. The Hall–Kier alpha value is -1.99. The van der Waals surface area contributed by atoms with Gasteiger partial charge in [0.15, 0.2) is 5.96 Å². The molecule has 3 N–H and O–H groups in total. The van der Waals surface area contributed by atoms with E-state index in [0.717, 1.165) is 31.9 Å². The smallest absolute Gasteiger partial charge is 0.233 e. The van der Waals surface area contributed by atoms with Crippen molar-refractivity contribution in [3.05, 3.63) is 29.3 Å². The van der Waals surface area contributed by atoms with Gasteiger partial charge in [-0.05, 0) is 31.9 Å². The largest absolute Gasteiger partial charge is 0.487 e. The molecule has 8 heteroatoms. The molecular formula is C19H30ClN5O2. The van der Waals surface area contributed by atoms with Crippen LogP contribution >= 0.6 is 11.6 Å². The number of likely N-dealkylation sites (tertiary alicyclic amines) is 1. The van der Waals surface area contributed by atoms with E-state index >= 15 is 0 Å². The van der Waals surface area contributed by atoms with E-state index in [-0.39, 0.29) is 12.0 Å². The first-order valence-corrected chi connectivity index (χ1v) is 9.71. The van der Waals surface area contributed by atoms with Crippen LogP contribution in [-0.4, -0.2) is 69.2 Å². The lowest BCUT2D eigenvalue weighted by molar-refractivity contribution is -0.122. The molecule has 150 valence electrons. The molecule has 1 aliphatic rings. The van der Waals surface area contributed by atoms with Crippen LogP contribution < -0.4 is 20.7 Å². The lowest BCUT2D eigenvalue weighted by Crippen LogP contribution is -2.51. The van der Waals surface area contributed by atoms with E-state index in [1.54, 1.807) is 14.1 Å². The molecule has 0 aliphatic carbocycles. The van der Waals surface area contributed by atoms with Crippen LogP contribution in [0.3, 0.4) is 0 Å². The summed E-state index contributed by atoms with van der Waals surface area (Å²) in [6.45, 7) is 4.86. The summed E-state index contributed by atoms with van der Waals surface area (Å²) in [7, 11) is 3.43. The van der Waals surface area contributed by atoms with Gasteiger partial charge in [0, 0.05) is 33.2 Å². The van der Waals surface area contributed by atoms with Gasteiger partial charge in [-0.25, -0.2) is 0 Å². The van der Waals surface area contributed by atoms with E-state index in [9.17, 15) is 4.79 Å². The molecule has 1 saturated heterocycles. The molecule has 0 aromatic heterocycles. The molecule has 1 unspecified atom stereocenters. The van der Waals surface area contributed by atoms with Crippen molar-refractivity contribution < 1.29 is 9.53 Å². The molecule has 1 aliphatic heterocycles. The molecule has 1 aromatic rings. The lowest BCUT2D eigenvalue weighted by atomic mass is 10.1. The summed E-state index contributed by atoms with van der Waals surface area (Å²) in [4.78, 5) is 17.9. The zero-order valence-electron chi connectivity index (χ0n) is 16.3. The normalized spacial score (nSPS) is 17.3. The van der Waals surface area contributed by atoms with Crippen molar-refractivity contribution in [2.45, 2.75) is 31.9 Å². The molecule has 7 nitrogen and oxygen atoms in total. The van der Waals surface area contributed by atoms with Crippen LogP contribution in [0.25, 0.3) is 0 Å². The fourth-order valence-electron chi connectivity index (χ4n) is 2.94. The van der Waals surface area contributed by atoms with Crippen molar-refractivity contribution in [2.75, 3.05) is 40.3 Å². The summed E-state index contributed by atoms with van der Waals surface area (Å²) in [5.41, 5.74) is 0. The fraction of sp³-hybridized carbons (Fsp3) is 0.579. The summed E-state index contributed by atoms with van der Waals surface area (Å²) in [6.07, 6.45) is 1.89. The van der Waals surface area contributed by atoms with Gasteiger partial charge in [-0.3, -0.25) is 14.7 Å². The number of nitrogens with zero attached hydrogens (tertiary/aromatic N) is 2. The maximum absolute atomic E-state index is 11.5. The van der Waals surface area contributed by atoms with Gasteiger partial charge in [0.05, 0.1) is 18.1 Å². The van der Waals surface area contributed by atoms with Crippen LogP contribution in [0.5, 0.6) is 5.75 Å². The van der Waals surface area contributed by atoms with Crippen molar-refractivity contribution in [3.63, 3.8) is 0 Å². The van der Waals surface area contributed by atoms with E-state index < -0.39 is 0 Å². The van der Waals surface area contributed by atoms with Crippen LogP contribution in [0, 0.1) is 0 Å². The van der Waals surface area contributed by atoms with Crippen molar-refractivity contribution in [2.24, 2.45) is 4.99 Å². The Balaban J connectivity index is 1.71. The molecule has 1 amide bonds. The zero-order valence-corrected chi connectivity index (χ0v) is 17.1. The number of likely N-dealkylation sites (N-methyl/N-ethyl adjacent to an activating group) is 1. The Morgan fingerprint density at radius 3 is 2.70 bits per heavy atom. The monoisotopic (exact) mass is 395 g/mol. The molecule has 1 fully saturated rings. The number of guanidine groups is 1. The number of aliphatic imine (C=N–C) groups is 1. The first-order chi connectivity index (χ1) is 13.0. The number of halogens is 1. The van der Waals surface area contributed by atoms with Crippen molar-refractivity contribution >= 4 is 23.5 Å². The molecule has 0 bridgehead atoms. The van der Waals surface area contributed by atoms with E-state index in [1.807, 2.05) is 31.2 Å². The molecule has 0 spiro atoms. The second-order valence-corrected chi connectivity index (χ2v) is 7.09. The number of ether oxygens (including phenoxy) is 1. The van der Waals surface area contributed by atoms with Crippen LogP contribution in [0.2, 0.25) is 5.02 Å². The number of piperidine rings is 1. The van der Waals surface area contributed by atoms with E-state index in [2.05, 4.69) is 25.8 Å². The summed E-state index contributed by atoms with van der Waals surface area (Å²) in [6, 6.07) is 7.80. The topological polar surface area (TPSA) is 78.0 Å². The highest BCUT2D eigenvalue weighted by Crippen LogP contribution is 2.24. The Morgan fingerprint density at radius 1 is 1.37 bits per heavy atom. The minimum absolute atomic E-state index is 0.0575. The molecule has 0 saturated carbocycles. The van der Waals surface area contributed by atoms with Gasteiger partial charge in [0.2, 0.25) is 5.91 Å². The molecular weight excluding hydrogens is 366 g/mol. The Labute approximate surface area is 166 Å². The van der Waals surface area contributed by atoms with Crippen molar-refractivity contribution in [3.8, 4) is 5.75 Å². The highest BCUT2D eigenvalue weighted by Gasteiger charge is 2.21. The van der Waals surface area contributed by atoms with E-state index in [4.69, 9.17) is 16.3 Å². The molecule has 0 radical (unpaired) electrons. The second kappa shape index (κ2) is 11.0. The lowest BCUT2D eigenvalue weighted by Gasteiger charge is -2.32. The number of nitrogens with one attached hydrogen (secondary N) is 3. The second-order valence-electron chi connectivity index (χ2n) is 6.68. The molecule has 27 heavy (non-hydrogen) atoms. The maximum Gasteiger partial charge on any atom is 0.233 e. The molecule has 1 heterocycles. The van der Waals surface area contributed by atoms with Crippen LogP contribution in [0.4, 0.5) is 0 Å². The summed E-state index contributed by atoms with van der Waals surface area (Å²) < 4.78 is 5.87. The third kappa shape index (κ3) is 7.27. The predicted octanol–water partition coefficient (Wildman–Crippen LogP) is 1.48. The number of hydrogen-bond acceptors (Lipinski definition) is 4.